The number of carbonyl (C=O) groups is 2. The van der Waals surface area contributed by atoms with E-state index in [9.17, 15) is 9.59 Å². The van der Waals surface area contributed by atoms with Gasteiger partial charge in [-0.15, -0.1) is 0 Å². The van der Waals surface area contributed by atoms with Gasteiger partial charge in [0, 0.05) is 30.6 Å². The second-order valence-corrected chi connectivity index (χ2v) is 11.7. The summed E-state index contributed by atoms with van der Waals surface area (Å²) in [6.07, 6.45) is 4.42. The van der Waals surface area contributed by atoms with E-state index < -0.39 is 11.2 Å². The molecule has 1 aliphatic heterocycles. The van der Waals surface area contributed by atoms with E-state index in [1.165, 1.54) is 0 Å². The number of nitrogens with zero attached hydrogens (tertiary/aromatic N) is 1. The number of amides is 2. The number of likely N-dealkylation sites (tertiary alicyclic amines) is 1. The largest absolute Gasteiger partial charge is 0.444 e. The molecule has 0 aromatic heterocycles. The van der Waals surface area contributed by atoms with E-state index in [1.807, 2.05) is 60.3 Å². The average Bonchev–Trinajstić information content (AvgIpc) is 2.55. The predicted molar refractivity (Wildman–Crippen MR) is 125 cm³/mol. The number of rotatable bonds is 8. The summed E-state index contributed by atoms with van der Waals surface area (Å²) in [6, 6.07) is 0. The van der Waals surface area contributed by atoms with Gasteiger partial charge in [0.2, 0.25) is 0 Å². The van der Waals surface area contributed by atoms with Crippen LogP contribution in [-0.2, 0) is 9.47 Å². The van der Waals surface area contributed by atoms with Crippen molar-refractivity contribution in [1.82, 2.24) is 15.5 Å². The molecule has 2 N–H and O–H groups in total. The van der Waals surface area contributed by atoms with Crippen molar-refractivity contribution in [3.05, 3.63) is 0 Å². The van der Waals surface area contributed by atoms with Crippen LogP contribution in [0, 0.1) is 5.41 Å². The van der Waals surface area contributed by atoms with Crippen LogP contribution >= 0.6 is 0 Å². The van der Waals surface area contributed by atoms with Crippen molar-refractivity contribution >= 4 is 12.2 Å². The average molecular weight is 442 g/mol. The number of piperidine rings is 1. The van der Waals surface area contributed by atoms with Gasteiger partial charge in [-0.1, -0.05) is 13.3 Å². The minimum absolute atomic E-state index is 0.0621. The Bertz CT molecular complexity index is 589. The second kappa shape index (κ2) is 10.9. The van der Waals surface area contributed by atoms with Gasteiger partial charge in [-0.2, -0.15) is 0 Å². The first-order valence-corrected chi connectivity index (χ1v) is 11.8. The van der Waals surface area contributed by atoms with E-state index in [-0.39, 0.29) is 23.1 Å². The molecule has 1 heterocycles. The molecule has 7 heteroatoms. The summed E-state index contributed by atoms with van der Waals surface area (Å²) in [6.45, 7) is 20.6. The SMILES string of the molecule is CCCC1(CNCCC(C)(C)NC(=O)OC(C)(C)C)CCCN(C(=O)OC(C)(C)C)C1. The molecule has 1 saturated heterocycles. The van der Waals surface area contributed by atoms with Crippen LogP contribution in [0.2, 0.25) is 0 Å². The molecule has 1 unspecified atom stereocenters. The van der Waals surface area contributed by atoms with Crippen molar-refractivity contribution in [3.8, 4) is 0 Å². The van der Waals surface area contributed by atoms with Gasteiger partial charge in [0.1, 0.15) is 11.2 Å². The fourth-order valence-corrected chi connectivity index (χ4v) is 4.05. The van der Waals surface area contributed by atoms with E-state index >= 15 is 0 Å². The molecular formula is C24H47N3O4. The third-order valence-corrected chi connectivity index (χ3v) is 5.36. The standard InChI is InChI=1S/C24H47N3O4/c1-10-12-24(13-11-16-27(18-24)20(29)31-22(5,6)7)17-25-15-14-23(8,9)26-19(28)30-21(2,3)4/h25H,10-18H2,1-9H3,(H,26,28). The second-order valence-electron chi connectivity index (χ2n) is 11.7. The van der Waals surface area contributed by atoms with Crippen LogP contribution in [0.3, 0.4) is 0 Å². The molecule has 2 amide bonds. The predicted octanol–water partition coefficient (Wildman–Crippen LogP) is 5.09. The van der Waals surface area contributed by atoms with Crippen LogP contribution < -0.4 is 10.6 Å². The number of nitrogens with one attached hydrogen (secondary N) is 2. The zero-order valence-corrected chi connectivity index (χ0v) is 21.4. The third-order valence-electron chi connectivity index (χ3n) is 5.36. The van der Waals surface area contributed by atoms with Gasteiger partial charge >= 0.3 is 12.2 Å². The Hall–Kier alpha value is -1.50. The van der Waals surface area contributed by atoms with Crippen molar-refractivity contribution in [2.75, 3.05) is 26.2 Å². The van der Waals surface area contributed by atoms with Gasteiger partial charge in [-0.25, -0.2) is 9.59 Å². The minimum Gasteiger partial charge on any atom is -0.444 e. The summed E-state index contributed by atoms with van der Waals surface area (Å²) in [4.78, 5) is 26.6. The van der Waals surface area contributed by atoms with Gasteiger partial charge in [-0.05, 0) is 87.6 Å². The summed E-state index contributed by atoms with van der Waals surface area (Å²) >= 11 is 0. The van der Waals surface area contributed by atoms with Crippen molar-refractivity contribution in [1.29, 1.82) is 0 Å². The Morgan fingerprint density at radius 3 is 2.16 bits per heavy atom. The lowest BCUT2D eigenvalue weighted by Crippen LogP contribution is -2.52. The van der Waals surface area contributed by atoms with E-state index in [0.717, 1.165) is 58.3 Å². The molecule has 1 aliphatic rings. The van der Waals surface area contributed by atoms with E-state index in [4.69, 9.17) is 9.47 Å². The lowest BCUT2D eigenvalue weighted by molar-refractivity contribution is 0.00239. The first-order valence-electron chi connectivity index (χ1n) is 11.8. The fourth-order valence-electron chi connectivity index (χ4n) is 4.05. The van der Waals surface area contributed by atoms with Gasteiger partial charge in [-0.3, -0.25) is 0 Å². The number of hydrogen-bond acceptors (Lipinski definition) is 5. The minimum atomic E-state index is -0.508. The van der Waals surface area contributed by atoms with Crippen LogP contribution in [0.4, 0.5) is 9.59 Å². The number of hydrogen-bond donors (Lipinski definition) is 2. The highest BCUT2D eigenvalue weighted by Crippen LogP contribution is 2.35. The summed E-state index contributed by atoms with van der Waals surface area (Å²) in [5.74, 6) is 0. The maximum atomic E-state index is 12.6. The highest BCUT2D eigenvalue weighted by molar-refractivity contribution is 5.69. The van der Waals surface area contributed by atoms with Crippen LogP contribution in [-0.4, -0.2) is 60.0 Å². The Morgan fingerprint density at radius 2 is 1.61 bits per heavy atom. The van der Waals surface area contributed by atoms with Crippen molar-refractivity contribution in [3.63, 3.8) is 0 Å². The van der Waals surface area contributed by atoms with Crippen LogP contribution in [0.25, 0.3) is 0 Å². The van der Waals surface area contributed by atoms with Crippen molar-refractivity contribution < 1.29 is 19.1 Å². The summed E-state index contributed by atoms with van der Waals surface area (Å²) in [5.41, 5.74) is -1.30. The Kier molecular flexibility index (Phi) is 9.67. The molecule has 1 rings (SSSR count). The zero-order valence-electron chi connectivity index (χ0n) is 21.4. The normalized spacial score (nSPS) is 20.4. The fraction of sp³-hybridized carbons (Fsp3) is 0.917. The summed E-state index contributed by atoms with van der Waals surface area (Å²) in [7, 11) is 0. The first kappa shape index (κ1) is 27.5. The number of alkyl carbamates (subject to hydrolysis) is 1. The highest BCUT2D eigenvalue weighted by atomic mass is 16.6. The molecule has 182 valence electrons. The maximum absolute atomic E-state index is 12.6. The summed E-state index contributed by atoms with van der Waals surface area (Å²) in [5, 5.41) is 6.55. The highest BCUT2D eigenvalue weighted by Gasteiger charge is 2.37. The van der Waals surface area contributed by atoms with Crippen molar-refractivity contribution in [2.45, 2.75) is 111 Å². The number of carbonyl (C=O) groups excluding carboxylic acids is 2. The van der Waals surface area contributed by atoms with E-state index in [2.05, 4.69) is 17.6 Å². The van der Waals surface area contributed by atoms with Gasteiger partial charge < -0.3 is 25.0 Å². The topological polar surface area (TPSA) is 79.9 Å². The monoisotopic (exact) mass is 441 g/mol. The Labute approximate surface area is 190 Å². The van der Waals surface area contributed by atoms with Crippen LogP contribution in [0.1, 0.15) is 94.4 Å². The molecule has 1 fully saturated rings. The molecule has 0 aromatic rings. The number of ether oxygens (including phenoxy) is 2. The van der Waals surface area contributed by atoms with Crippen molar-refractivity contribution in [2.24, 2.45) is 5.41 Å². The Balaban J connectivity index is 2.59. The molecule has 0 radical (unpaired) electrons. The van der Waals surface area contributed by atoms with Gasteiger partial charge in [0.15, 0.2) is 0 Å². The lowest BCUT2D eigenvalue weighted by atomic mass is 9.76. The van der Waals surface area contributed by atoms with E-state index in [1.54, 1.807) is 0 Å². The van der Waals surface area contributed by atoms with Crippen LogP contribution in [0.15, 0.2) is 0 Å². The molecule has 1 atom stereocenters. The molecule has 0 spiro atoms. The van der Waals surface area contributed by atoms with Crippen LogP contribution in [0.5, 0.6) is 0 Å². The van der Waals surface area contributed by atoms with Gasteiger partial charge in [0.25, 0.3) is 0 Å². The van der Waals surface area contributed by atoms with E-state index in [0.29, 0.717) is 0 Å². The molecule has 0 aromatic carbocycles. The molecule has 7 nitrogen and oxygen atoms in total. The van der Waals surface area contributed by atoms with Gasteiger partial charge in [0.05, 0.1) is 0 Å². The molecule has 0 bridgehead atoms. The quantitative estimate of drug-likeness (QED) is 0.513. The Morgan fingerprint density at radius 1 is 1.00 bits per heavy atom. The first-order chi connectivity index (χ1) is 14.1. The molecular weight excluding hydrogens is 394 g/mol. The third kappa shape index (κ3) is 11.1. The smallest absolute Gasteiger partial charge is 0.410 e. The maximum Gasteiger partial charge on any atom is 0.410 e. The molecule has 0 saturated carbocycles. The zero-order chi connectivity index (χ0) is 23.9. The summed E-state index contributed by atoms with van der Waals surface area (Å²) < 4.78 is 11.0. The lowest BCUT2D eigenvalue weighted by Gasteiger charge is -2.43. The molecule has 31 heavy (non-hydrogen) atoms. The molecule has 0 aliphatic carbocycles.